The van der Waals surface area contributed by atoms with Gasteiger partial charge < -0.3 is 10.2 Å². The molecule has 0 aromatic rings. The fourth-order valence-electron chi connectivity index (χ4n) is 1.58. The number of hydrogen-bond donors (Lipinski definition) is 2. The Morgan fingerprint density at radius 2 is 1.86 bits per heavy atom. The second-order valence-corrected chi connectivity index (χ2v) is 5.40. The van der Waals surface area contributed by atoms with Gasteiger partial charge in [-0.05, 0) is 25.9 Å². The van der Waals surface area contributed by atoms with Crippen LogP contribution in [0.3, 0.4) is 0 Å². The monoisotopic (exact) mass is 221 g/mol. The molecule has 3 N–H and O–H groups in total. The summed E-state index contributed by atoms with van der Waals surface area (Å²) in [6, 6.07) is 0. The van der Waals surface area contributed by atoms with E-state index in [-0.39, 0.29) is 5.75 Å². The number of nitrogens with zero attached hydrogens (tertiary/aromatic N) is 1. The smallest absolute Gasteiger partial charge is 0.210 e. The quantitative estimate of drug-likeness (QED) is 0.562. The van der Waals surface area contributed by atoms with Gasteiger partial charge in [0.25, 0.3) is 0 Å². The predicted octanol–water partition coefficient (Wildman–Crippen LogP) is -1.04. The lowest BCUT2D eigenvalue weighted by Gasteiger charge is -2.14. The zero-order chi connectivity index (χ0) is 10.4. The molecule has 1 fully saturated rings. The average molecular weight is 221 g/mol. The number of nitrogens with two attached hydrogens (primary N) is 1. The highest BCUT2D eigenvalue weighted by molar-refractivity contribution is 7.89. The summed E-state index contributed by atoms with van der Waals surface area (Å²) in [5.41, 5.74) is 0. The Morgan fingerprint density at radius 1 is 1.21 bits per heavy atom. The van der Waals surface area contributed by atoms with Crippen molar-refractivity contribution in [3.8, 4) is 0 Å². The summed E-state index contributed by atoms with van der Waals surface area (Å²) in [6.07, 6.45) is 2.58. The fraction of sp³-hybridized carbons (Fsp3) is 1.00. The molecule has 1 heterocycles. The van der Waals surface area contributed by atoms with Crippen LogP contribution in [0.1, 0.15) is 12.8 Å². The molecule has 0 atom stereocenters. The molecule has 6 heteroatoms. The van der Waals surface area contributed by atoms with Gasteiger partial charge in [-0.1, -0.05) is 0 Å². The number of sulfonamides is 1. The molecule has 0 aliphatic carbocycles. The minimum atomic E-state index is -3.30. The maximum Gasteiger partial charge on any atom is 0.210 e. The lowest BCUT2D eigenvalue weighted by Crippen LogP contribution is -2.33. The van der Waals surface area contributed by atoms with Gasteiger partial charge in [0.05, 0.1) is 5.75 Å². The molecule has 1 rings (SSSR count). The van der Waals surface area contributed by atoms with Gasteiger partial charge in [0, 0.05) is 19.6 Å². The van der Waals surface area contributed by atoms with E-state index in [2.05, 4.69) is 10.2 Å². The molecule has 0 spiro atoms. The number of likely N-dealkylation sites (tertiary alicyclic amines) is 1. The largest absolute Gasteiger partial charge is 0.314 e. The maximum absolute atomic E-state index is 10.6. The second-order valence-electron chi connectivity index (χ2n) is 3.67. The van der Waals surface area contributed by atoms with Gasteiger partial charge in [-0.15, -0.1) is 0 Å². The summed E-state index contributed by atoms with van der Waals surface area (Å²) < 4.78 is 21.2. The number of hydrogen-bond acceptors (Lipinski definition) is 4. The van der Waals surface area contributed by atoms with Gasteiger partial charge in [0.1, 0.15) is 0 Å². The zero-order valence-electron chi connectivity index (χ0n) is 8.41. The van der Waals surface area contributed by atoms with Crippen LogP contribution in [0.4, 0.5) is 0 Å². The Bertz CT molecular complexity index is 247. The van der Waals surface area contributed by atoms with Crippen molar-refractivity contribution in [2.24, 2.45) is 5.14 Å². The molecular formula is C8H19N3O2S. The molecule has 0 saturated carbocycles. The van der Waals surface area contributed by atoms with Crippen LogP contribution in [-0.4, -0.2) is 51.8 Å². The highest BCUT2D eigenvalue weighted by Gasteiger charge is 2.10. The third-order valence-corrected chi connectivity index (χ3v) is 3.14. The molecule has 0 aromatic carbocycles. The summed E-state index contributed by atoms with van der Waals surface area (Å²) in [5, 5.41) is 7.93. The van der Waals surface area contributed by atoms with Crippen molar-refractivity contribution in [3.63, 3.8) is 0 Å². The Kier molecular flexibility index (Phi) is 4.80. The van der Waals surface area contributed by atoms with Crippen LogP contribution in [0.5, 0.6) is 0 Å². The van der Waals surface area contributed by atoms with Gasteiger partial charge >= 0.3 is 0 Å². The Labute approximate surface area is 85.7 Å². The first-order chi connectivity index (χ1) is 6.58. The molecule has 0 amide bonds. The third-order valence-electron chi connectivity index (χ3n) is 2.37. The van der Waals surface area contributed by atoms with Crippen LogP contribution in [0.25, 0.3) is 0 Å². The Morgan fingerprint density at radius 3 is 2.43 bits per heavy atom. The fourth-order valence-corrected chi connectivity index (χ4v) is 2.01. The van der Waals surface area contributed by atoms with E-state index in [1.54, 1.807) is 0 Å². The van der Waals surface area contributed by atoms with Crippen molar-refractivity contribution in [1.82, 2.24) is 10.2 Å². The van der Waals surface area contributed by atoms with Crippen LogP contribution in [0.2, 0.25) is 0 Å². The lowest BCUT2D eigenvalue weighted by molar-refractivity contribution is 0.337. The molecular weight excluding hydrogens is 202 g/mol. The van der Waals surface area contributed by atoms with Crippen molar-refractivity contribution in [3.05, 3.63) is 0 Å². The van der Waals surface area contributed by atoms with Crippen molar-refractivity contribution in [2.75, 3.05) is 38.5 Å². The predicted molar refractivity (Wildman–Crippen MR) is 56.5 cm³/mol. The summed E-state index contributed by atoms with van der Waals surface area (Å²) >= 11 is 0. The van der Waals surface area contributed by atoms with E-state index in [4.69, 9.17) is 5.14 Å². The minimum absolute atomic E-state index is 0.0208. The molecule has 84 valence electrons. The van der Waals surface area contributed by atoms with Crippen molar-refractivity contribution >= 4 is 10.0 Å². The summed E-state index contributed by atoms with van der Waals surface area (Å²) in [4.78, 5) is 2.38. The maximum atomic E-state index is 10.6. The normalized spacial score (nSPS) is 18.9. The number of rotatable bonds is 6. The van der Waals surface area contributed by atoms with Crippen molar-refractivity contribution < 1.29 is 8.42 Å². The first-order valence-corrected chi connectivity index (χ1v) is 6.73. The number of primary sulfonamides is 1. The first-order valence-electron chi connectivity index (χ1n) is 5.01. The zero-order valence-corrected chi connectivity index (χ0v) is 9.22. The Balaban J connectivity index is 1.94. The van der Waals surface area contributed by atoms with Gasteiger partial charge in [-0.3, -0.25) is 0 Å². The van der Waals surface area contributed by atoms with Crippen molar-refractivity contribution in [2.45, 2.75) is 12.8 Å². The average Bonchev–Trinajstić information content (AvgIpc) is 2.54. The number of nitrogens with one attached hydrogen (secondary N) is 1. The standard InChI is InChI=1S/C8H19N3O2S/c9-14(12,13)8-4-10-3-7-11-5-1-2-6-11/h10H,1-8H2,(H2,9,12,13). The summed E-state index contributed by atoms with van der Waals surface area (Å²) in [6.45, 7) is 4.65. The molecule has 0 aromatic heterocycles. The molecule has 0 unspecified atom stereocenters. The van der Waals surface area contributed by atoms with E-state index in [9.17, 15) is 8.42 Å². The van der Waals surface area contributed by atoms with Gasteiger partial charge in [-0.25, -0.2) is 13.6 Å². The molecule has 1 saturated heterocycles. The van der Waals surface area contributed by atoms with Gasteiger partial charge in [-0.2, -0.15) is 0 Å². The van der Waals surface area contributed by atoms with Crippen LogP contribution >= 0.6 is 0 Å². The van der Waals surface area contributed by atoms with Crippen LogP contribution in [-0.2, 0) is 10.0 Å². The Hall–Kier alpha value is -0.170. The molecule has 14 heavy (non-hydrogen) atoms. The highest BCUT2D eigenvalue weighted by atomic mass is 32.2. The van der Waals surface area contributed by atoms with E-state index in [0.717, 1.165) is 13.1 Å². The summed E-state index contributed by atoms with van der Waals surface area (Å²) in [7, 11) is -3.30. The summed E-state index contributed by atoms with van der Waals surface area (Å²) in [5.74, 6) is 0.0208. The first kappa shape index (κ1) is 11.9. The topological polar surface area (TPSA) is 75.4 Å². The lowest BCUT2D eigenvalue weighted by atomic mass is 10.4. The SMILES string of the molecule is NS(=O)(=O)CCNCCN1CCCC1. The minimum Gasteiger partial charge on any atom is -0.314 e. The van der Waals surface area contributed by atoms with Gasteiger partial charge in [0.2, 0.25) is 10.0 Å². The van der Waals surface area contributed by atoms with Crippen LogP contribution in [0, 0.1) is 0 Å². The molecule has 0 radical (unpaired) electrons. The van der Waals surface area contributed by atoms with E-state index < -0.39 is 10.0 Å². The molecule has 1 aliphatic rings. The highest BCUT2D eigenvalue weighted by Crippen LogP contribution is 2.05. The van der Waals surface area contributed by atoms with E-state index >= 15 is 0 Å². The van der Waals surface area contributed by atoms with E-state index in [0.29, 0.717) is 6.54 Å². The molecule has 0 bridgehead atoms. The van der Waals surface area contributed by atoms with Crippen molar-refractivity contribution in [1.29, 1.82) is 0 Å². The van der Waals surface area contributed by atoms with E-state index in [1.807, 2.05) is 0 Å². The third kappa shape index (κ3) is 5.54. The second kappa shape index (κ2) is 5.65. The molecule has 5 nitrogen and oxygen atoms in total. The van der Waals surface area contributed by atoms with E-state index in [1.165, 1.54) is 25.9 Å². The van der Waals surface area contributed by atoms with Crippen LogP contribution < -0.4 is 10.5 Å². The molecule has 1 aliphatic heterocycles. The van der Waals surface area contributed by atoms with Crippen LogP contribution in [0.15, 0.2) is 0 Å². The van der Waals surface area contributed by atoms with Gasteiger partial charge in [0.15, 0.2) is 0 Å².